The molecule has 29 heavy (non-hydrogen) atoms. The number of carbonyl (C=O) groups excluding carboxylic acids is 2. The third kappa shape index (κ3) is 5.79. The van der Waals surface area contributed by atoms with E-state index in [0.717, 1.165) is 18.7 Å². The first-order valence-corrected chi connectivity index (χ1v) is 10.0. The number of piperazine rings is 1. The molecule has 0 unspecified atom stereocenters. The van der Waals surface area contributed by atoms with Gasteiger partial charge in [0.15, 0.2) is 0 Å². The van der Waals surface area contributed by atoms with Gasteiger partial charge in [-0.25, -0.2) is 4.39 Å². The second-order valence-corrected chi connectivity index (χ2v) is 7.52. The fourth-order valence-corrected chi connectivity index (χ4v) is 3.56. The van der Waals surface area contributed by atoms with Crippen LogP contribution in [0.25, 0.3) is 0 Å². The second kappa shape index (κ2) is 9.54. The van der Waals surface area contributed by atoms with Gasteiger partial charge in [-0.3, -0.25) is 9.59 Å². The van der Waals surface area contributed by atoms with Crippen molar-refractivity contribution in [2.45, 2.75) is 20.3 Å². The molecule has 0 N–H and O–H groups in total. The zero-order chi connectivity index (χ0) is 20.8. The summed E-state index contributed by atoms with van der Waals surface area (Å²) in [5.41, 5.74) is 3.35. The first kappa shape index (κ1) is 20.8. The first-order chi connectivity index (χ1) is 13.9. The molecule has 1 heterocycles. The van der Waals surface area contributed by atoms with Gasteiger partial charge in [0.1, 0.15) is 5.82 Å². The van der Waals surface area contributed by atoms with Crippen molar-refractivity contribution >= 4 is 17.5 Å². The number of rotatable bonds is 6. The van der Waals surface area contributed by atoms with Gasteiger partial charge in [-0.05, 0) is 48.7 Å². The summed E-state index contributed by atoms with van der Waals surface area (Å²) in [6, 6.07) is 14.6. The SMILES string of the molecule is CC(=O)N(CCc1ccc(F)cc1)CC(=O)N1CCN(c2cccc(C)c2)CC1. The van der Waals surface area contributed by atoms with Crippen LogP contribution in [0.2, 0.25) is 0 Å². The Balaban J connectivity index is 1.51. The Kier molecular flexibility index (Phi) is 6.86. The number of benzene rings is 2. The molecule has 1 aliphatic heterocycles. The largest absolute Gasteiger partial charge is 0.368 e. The van der Waals surface area contributed by atoms with Crippen LogP contribution in [-0.4, -0.2) is 60.9 Å². The lowest BCUT2D eigenvalue weighted by Crippen LogP contribution is -2.52. The standard InChI is InChI=1S/C23H28FN3O2/c1-18-4-3-5-22(16-18)25-12-14-26(15-13-25)23(29)17-27(19(2)28)11-10-20-6-8-21(24)9-7-20/h3-9,16H,10-15,17H2,1-2H3. The van der Waals surface area contributed by atoms with Crippen LogP contribution >= 0.6 is 0 Å². The van der Waals surface area contributed by atoms with E-state index in [9.17, 15) is 14.0 Å². The Morgan fingerprint density at radius 1 is 1.03 bits per heavy atom. The monoisotopic (exact) mass is 397 g/mol. The van der Waals surface area contributed by atoms with Crippen LogP contribution in [0, 0.1) is 12.7 Å². The average Bonchev–Trinajstić information content (AvgIpc) is 2.72. The van der Waals surface area contributed by atoms with Gasteiger partial charge in [0, 0.05) is 45.3 Å². The Morgan fingerprint density at radius 2 is 1.72 bits per heavy atom. The maximum absolute atomic E-state index is 13.0. The molecule has 0 atom stereocenters. The van der Waals surface area contributed by atoms with Gasteiger partial charge >= 0.3 is 0 Å². The molecule has 1 aliphatic rings. The summed E-state index contributed by atoms with van der Waals surface area (Å²) >= 11 is 0. The molecule has 1 fully saturated rings. The topological polar surface area (TPSA) is 43.9 Å². The molecular weight excluding hydrogens is 369 g/mol. The van der Waals surface area contributed by atoms with E-state index in [-0.39, 0.29) is 24.2 Å². The van der Waals surface area contributed by atoms with Gasteiger partial charge in [-0.1, -0.05) is 24.3 Å². The Morgan fingerprint density at radius 3 is 2.34 bits per heavy atom. The molecule has 2 aromatic rings. The van der Waals surface area contributed by atoms with Gasteiger partial charge in [-0.2, -0.15) is 0 Å². The normalized spacial score (nSPS) is 14.0. The van der Waals surface area contributed by atoms with Crippen LogP contribution in [0.1, 0.15) is 18.1 Å². The number of anilines is 1. The summed E-state index contributed by atoms with van der Waals surface area (Å²) in [5.74, 6) is -0.431. The summed E-state index contributed by atoms with van der Waals surface area (Å²) in [6.07, 6.45) is 0.592. The van der Waals surface area contributed by atoms with Crippen molar-refractivity contribution in [2.75, 3.05) is 44.2 Å². The molecule has 0 aliphatic carbocycles. The summed E-state index contributed by atoms with van der Waals surface area (Å²) in [7, 11) is 0. The molecule has 0 bridgehead atoms. The van der Waals surface area contributed by atoms with Crippen LogP contribution in [-0.2, 0) is 16.0 Å². The minimum absolute atomic E-state index is 0.0248. The highest BCUT2D eigenvalue weighted by Crippen LogP contribution is 2.18. The van der Waals surface area contributed by atoms with Gasteiger partial charge in [0.25, 0.3) is 0 Å². The van der Waals surface area contributed by atoms with E-state index >= 15 is 0 Å². The van der Waals surface area contributed by atoms with E-state index in [1.807, 2.05) is 11.0 Å². The lowest BCUT2D eigenvalue weighted by molar-refractivity contribution is -0.139. The molecule has 0 spiro atoms. The highest BCUT2D eigenvalue weighted by Gasteiger charge is 2.23. The van der Waals surface area contributed by atoms with Crippen molar-refractivity contribution in [3.05, 3.63) is 65.5 Å². The summed E-state index contributed by atoms with van der Waals surface area (Å²) in [6.45, 7) is 6.94. The van der Waals surface area contributed by atoms with Crippen LogP contribution in [0.4, 0.5) is 10.1 Å². The van der Waals surface area contributed by atoms with Crippen LogP contribution < -0.4 is 4.90 Å². The number of aryl methyl sites for hydroxylation is 1. The maximum Gasteiger partial charge on any atom is 0.242 e. The van der Waals surface area contributed by atoms with E-state index in [2.05, 4.69) is 30.0 Å². The number of hydrogen-bond donors (Lipinski definition) is 0. The highest BCUT2D eigenvalue weighted by atomic mass is 19.1. The van der Waals surface area contributed by atoms with E-state index in [0.29, 0.717) is 26.1 Å². The van der Waals surface area contributed by atoms with Crippen LogP contribution in [0.3, 0.4) is 0 Å². The van der Waals surface area contributed by atoms with Crippen molar-refractivity contribution in [3.8, 4) is 0 Å². The predicted molar refractivity (Wildman–Crippen MR) is 112 cm³/mol. The zero-order valence-corrected chi connectivity index (χ0v) is 17.1. The number of nitrogens with zero attached hydrogens (tertiary/aromatic N) is 3. The lowest BCUT2D eigenvalue weighted by atomic mass is 10.1. The second-order valence-electron chi connectivity index (χ2n) is 7.52. The molecule has 2 aromatic carbocycles. The fourth-order valence-electron chi connectivity index (χ4n) is 3.56. The molecule has 0 aromatic heterocycles. The fraction of sp³-hybridized carbons (Fsp3) is 0.391. The van der Waals surface area contributed by atoms with Crippen molar-refractivity contribution in [1.82, 2.24) is 9.80 Å². The Labute approximate surface area is 171 Å². The molecule has 0 radical (unpaired) electrons. The quantitative estimate of drug-likeness (QED) is 0.753. The number of carbonyl (C=O) groups is 2. The zero-order valence-electron chi connectivity index (χ0n) is 17.1. The van der Waals surface area contributed by atoms with E-state index in [1.54, 1.807) is 17.0 Å². The van der Waals surface area contributed by atoms with Crippen molar-refractivity contribution in [2.24, 2.45) is 0 Å². The smallest absolute Gasteiger partial charge is 0.242 e. The first-order valence-electron chi connectivity index (χ1n) is 10.0. The Bertz CT molecular complexity index is 845. The third-order valence-corrected chi connectivity index (χ3v) is 5.35. The van der Waals surface area contributed by atoms with Gasteiger partial charge in [-0.15, -0.1) is 0 Å². The van der Waals surface area contributed by atoms with E-state index in [4.69, 9.17) is 0 Å². The lowest BCUT2D eigenvalue weighted by Gasteiger charge is -2.37. The molecular formula is C23H28FN3O2. The maximum atomic E-state index is 13.0. The predicted octanol–water partition coefficient (Wildman–Crippen LogP) is 2.87. The highest BCUT2D eigenvalue weighted by molar-refractivity contribution is 5.84. The minimum Gasteiger partial charge on any atom is -0.368 e. The number of halogens is 1. The molecule has 0 saturated carbocycles. The average molecular weight is 397 g/mol. The minimum atomic E-state index is -0.280. The van der Waals surface area contributed by atoms with Gasteiger partial charge in [0.05, 0.1) is 6.54 Å². The summed E-state index contributed by atoms with van der Waals surface area (Å²) in [5, 5.41) is 0. The van der Waals surface area contributed by atoms with Crippen LogP contribution in [0.15, 0.2) is 48.5 Å². The van der Waals surface area contributed by atoms with Gasteiger partial charge < -0.3 is 14.7 Å². The summed E-state index contributed by atoms with van der Waals surface area (Å²) < 4.78 is 13.0. The van der Waals surface area contributed by atoms with E-state index in [1.165, 1.54) is 30.3 Å². The molecule has 2 amide bonds. The Hall–Kier alpha value is -2.89. The summed E-state index contributed by atoms with van der Waals surface area (Å²) in [4.78, 5) is 30.4. The molecule has 5 nitrogen and oxygen atoms in total. The molecule has 1 saturated heterocycles. The van der Waals surface area contributed by atoms with E-state index < -0.39 is 0 Å². The molecule has 154 valence electrons. The van der Waals surface area contributed by atoms with Crippen molar-refractivity contribution < 1.29 is 14.0 Å². The molecule has 3 rings (SSSR count). The number of amides is 2. The molecule has 6 heteroatoms. The van der Waals surface area contributed by atoms with Crippen molar-refractivity contribution in [3.63, 3.8) is 0 Å². The van der Waals surface area contributed by atoms with Crippen LogP contribution in [0.5, 0.6) is 0 Å². The van der Waals surface area contributed by atoms with Crippen molar-refractivity contribution in [1.29, 1.82) is 0 Å². The third-order valence-electron chi connectivity index (χ3n) is 5.35. The number of hydrogen-bond acceptors (Lipinski definition) is 3. The van der Waals surface area contributed by atoms with Gasteiger partial charge in [0.2, 0.25) is 11.8 Å².